The van der Waals surface area contributed by atoms with E-state index < -0.39 is 0 Å². The molecule has 3 aromatic carbocycles. The highest BCUT2D eigenvalue weighted by Gasteiger charge is 2.40. The van der Waals surface area contributed by atoms with Crippen molar-refractivity contribution in [1.82, 2.24) is 0 Å². The molecule has 3 aromatic rings. The number of amidine groups is 2. The molecule has 1 N–H and O–H groups in total. The smallest absolute Gasteiger partial charge is 0.161 e. The lowest BCUT2D eigenvalue weighted by Gasteiger charge is -2.28. The van der Waals surface area contributed by atoms with Gasteiger partial charge in [-0.2, -0.15) is 0 Å². The summed E-state index contributed by atoms with van der Waals surface area (Å²) < 4.78 is 0. The number of hydrogen-bond acceptors (Lipinski definition) is 1. The van der Waals surface area contributed by atoms with Crippen molar-refractivity contribution in [3.05, 3.63) is 119 Å². The molecule has 0 heterocycles. The first-order valence-electron chi connectivity index (χ1n) is 11.4. The number of hydrogen-bond donors (Lipinski definition) is 1. The second kappa shape index (κ2) is 8.25. The Morgan fingerprint density at radius 3 is 2.42 bits per heavy atom. The van der Waals surface area contributed by atoms with Crippen LogP contribution in [0.1, 0.15) is 42.5 Å². The molecule has 0 fully saturated rings. The molecule has 3 nitrogen and oxygen atoms in total. The van der Waals surface area contributed by atoms with Crippen LogP contribution in [0.15, 0.2) is 107 Å². The Morgan fingerprint density at radius 2 is 1.70 bits per heavy atom. The van der Waals surface area contributed by atoms with Crippen molar-refractivity contribution in [1.29, 1.82) is 5.41 Å². The van der Waals surface area contributed by atoms with Crippen LogP contribution in [0.25, 0.3) is 11.1 Å². The van der Waals surface area contributed by atoms with Gasteiger partial charge in [-0.3, -0.25) is 5.41 Å². The first-order valence-corrected chi connectivity index (χ1v) is 11.4. The fraction of sp³-hybridized carbons (Fsp3) is 0.167. The summed E-state index contributed by atoms with van der Waals surface area (Å²) in [4.78, 5) is 8.77. The Morgan fingerprint density at radius 1 is 0.970 bits per heavy atom. The van der Waals surface area contributed by atoms with Crippen molar-refractivity contribution in [3.63, 3.8) is 0 Å². The van der Waals surface area contributed by atoms with Crippen LogP contribution in [-0.2, 0) is 5.41 Å². The lowest BCUT2D eigenvalue weighted by Crippen LogP contribution is -2.22. The SMILES string of the molecule is C=NC(=NC(=N)C1=CCC(C)C=C1)c1ccc2c(c1)C(C)(c1ccccc1)c1ccccc1-2. The third-order valence-electron chi connectivity index (χ3n) is 6.88. The second-order valence-electron chi connectivity index (χ2n) is 8.97. The molecule has 5 rings (SSSR count). The number of fused-ring (bicyclic) bond motifs is 3. The number of nitrogens with one attached hydrogen (secondary N) is 1. The average Bonchev–Trinajstić information content (AvgIpc) is 3.12. The highest BCUT2D eigenvalue weighted by atomic mass is 14.9. The van der Waals surface area contributed by atoms with Gasteiger partial charge in [0.1, 0.15) is 0 Å². The molecule has 0 saturated heterocycles. The second-order valence-corrected chi connectivity index (χ2v) is 8.97. The number of allylic oxidation sites excluding steroid dienone is 2. The van der Waals surface area contributed by atoms with Gasteiger partial charge in [-0.25, -0.2) is 9.98 Å². The molecule has 0 amide bonds. The van der Waals surface area contributed by atoms with Gasteiger partial charge in [0.05, 0.1) is 0 Å². The molecular formula is C30H27N3. The van der Waals surface area contributed by atoms with E-state index in [0.29, 0.717) is 11.8 Å². The standard InChI is InChI=1S/C30H27N3/c1-20-13-15-21(16-14-20)28(31)33-29(32-3)22-17-18-25-24-11-7-8-12-26(24)30(2,27(25)19-22)23-9-5-4-6-10-23/h4-13,15-20,31H,3,14H2,1-2H3. The maximum absolute atomic E-state index is 8.51. The zero-order valence-electron chi connectivity index (χ0n) is 19.0. The average molecular weight is 430 g/mol. The number of rotatable bonds is 3. The molecule has 0 saturated carbocycles. The van der Waals surface area contributed by atoms with E-state index in [1.807, 2.05) is 12.1 Å². The number of nitrogens with zero attached hydrogens (tertiary/aromatic N) is 2. The summed E-state index contributed by atoms with van der Waals surface area (Å²) in [6, 6.07) is 25.6. The minimum atomic E-state index is -0.284. The summed E-state index contributed by atoms with van der Waals surface area (Å²) in [7, 11) is 0. The fourth-order valence-corrected chi connectivity index (χ4v) is 4.98. The summed E-state index contributed by atoms with van der Waals surface area (Å²) in [6.07, 6.45) is 7.10. The zero-order chi connectivity index (χ0) is 23.0. The van der Waals surface area contributed by atoms with E-state index in [9.17, 15) is 0 Å². The van der Waals surface area contributed by atoms with Crippen LogP contribution in [0.4, 0.5) is 0 Å². The first kappa shape index (κ1) is 21.0. The summed E-state index contributed by atoms with van der Waals surface area (Å²) in [5.74, 6) is 1.19. The highest BCUT2D eigenvalue weighted by molar-refractivity contribution is 6.12. The molecule has 3 heteroatoms. The maximum atomic E-state index is 8.51. The van der Waals surface area contributed by atoms with Crippen molar-refractivity contribution in [2.75, 3.05) is 0 Å². The monoisotopic (exact) mass is 429 g/mol. The van der Waals surface area contributed by atoms with Crippen molar-refractivity contribution in [2.24, 2.45) is 15.9 Å². The van der Waals surface area contributed by atoms with E-state index >= 15 is 0 Å². The normalized spacial score (nSPS) is 21.2. The molecule has 162 valence electrons. The molecule has 2 atom stereocenters. The van der Waals surface area contributed by atoms with Crippen molar-refractivity contribution in [3.8, 4) is 11.1 Å². The molecular weight excluding hydrogens is 402 g/mol. The largest absolute Gasteiger partial charge is 0.282 e. The van der Waals surface area contributed by atoms with E-state index in [2.05, 4.69) is 109 Å². The first-order chi connectivity index (χ1) is 16.0. The molecule has 2 unspecified atom stereocenters. The van der Waals surface area contributed by atoms with E-state index in [1.165, 1.54) is 27.8 Å². The van der Waals surface area contributed by atoms with Gasteiger partial charge in [0, 0.05) is 16.6 Å². The van der Waals surface area contributed by atoms with Gasteiger partial charge in [0.15, 0.2) is 11.7 Å². The summed E-state index contributed by atoms with van der Waals surface area (Å²) in [5, 5.41) is 8.51. The van der Waals surface area contributed by atoms with E-state index in [0.717, 1.165) is 17.6 Å². The Balaban J connectivity index is 1.62. The van der Waals surface area contributed by atoms with Gasteiger partial charge in [0.2, 0.25) is 0 Å². The minimum absolute atomic E-state index is 0.218. The van der Waals surface area contributed by atoms with Crippen LogP contribution in [0, 0.1) is 11.3 Å². The maximum Gasteiger partial charge on any atom is 0.161 e. The van der Waals surface area contributed by atoms with Crippen LogP contribution in [0.3, 0.4) is 0 Å². The summed E-state index contributed by atoms with van der Waals surface area (Å²) in [6.45, 7) is 8.21. The predicted molar refractivity (Wildman–Crippen MR) is 139 cm³/mol. The van der Waals surface area contributed by atoms with Crippen LogP contribution < -0.4 is 0 Å². The molecule has 33 heavy (non-hydrogen) atoms. The molecule has 0 aromatic heterocycles. The van der Waals surface area contributed by atoms with Crippen LogP contribution >= 0.6 is 0 Å². The number of benzene rings is 3. The van der Waals surface area contributed by atoms with Crippen LogP contribution in [0.2, 0.25) is 0 Å². The van der Waals surface area contributed by atoms with Crippen molar-refractivity contribution < 1.29 is 0 Å². The van der Waals surface area contributed by atoms with Crippen molar-refractivity contribution >= 4 is 18.4 Å². The molecule has 0 aliphatic heterocycles. The van der Waals surface area contributed by atoms with Gasteiger partial charge >= 0.3 is 0 Å². The summed E-state index contributed by atoms with van der Waals surface area (Å²) >= 11 is 0. The van der Waals surface area contributed by atoms with Gasteiger partial charge < -0.3 is 0 Å². The quantitative estimate of drug-likeness (QED) is 0.345. The number of aliphatic imine (C=N–C) groups is 2. The van der Waals surface area contributed by atoms with Gasteiger partial charge in [-0.1, -0.05) is 91.9 Å². The van der Waals surface area contributed by atoms with Gasteiger partial charge in [0.25, 0.3) is 0 Å². The fourth-order valence-electron chi connectivity index (χ4n) is 4.98. The van der Waals surface area contributed by atoms with E-state index in [1.54, 1.807) is 0 Å². The van der Waals surface area contributed by atoms with Gasteiger partial charge in [-0.05, 0) is 59.9 Å². The third-order valence-corrected chi connectivity index (χ3v) is 6.88. The Kier molecular flexibility index (Phi) is 5.26. The zero-order valence-corrected chi connectivity index (χ0v) is 19.0. The van der Waals surface area contributed by atoms with Gasteiger partial charge in [-0.15, -0.1) is 0 Å². The Bertz CT molecular complexity index is 1340. The topological polar surface area (TPSA) is 48.6 Å². The van der Waals surface area contributed by atoms with Crippen molar-refractivity contribution in [2.45, 2.75) is 25.7 Å². The Hall–Kier alpha value is -3.85. The Labute approximate surface area is 195 Å². The van der Waals surface area contributed by atoms with E-state index in [4.69, 9.17) is 5.41 Å². The summed E-state index contributed by atoms with van der Waals surface area (Å²) in [5.41, 5.74) is 7.68. The molecule has 0 radical (unpaired) electrons. The molecule has 0 spiro atoms. The molecule has 2 aliphatic carbocycles. The minimum Gasteiger partial charge on any atom is -0.282 e. The molecule has 2 aliphatic rings. The third kappa shape index (κ3) is 3.50. The highest BCUT2D eigenvalue weighted by Crippen LogP contribution is 2.52. The predicted octanol–water partition coefficient (Wildman–Crippen LogP) is 6.97. The molecule has 0 bridgehead atoms. The lowest BCUT2D eigenvalue weighted by molar-refractivity contribution is 0.713. The lowest BCUT2D eigenvalue weighted by atomic mass is 9.74. The van der Waals surface area contributed by atoms with E-state index in [-0.39, 0.29) is 11.3 Å². The van der Waals surface area contributed by atoms with Crippen LogP contribution in [0.5, 0.6) is 0 Å². The van der Waals surface area contributed by atoms with Crippen LogP contribution in [-0.4, -0.2) is 18.4 Å².